The maximum Gasteiger partial charge on any atom is 0.119 e. The molecule has 0 heterocycles. The monoisotopic (exact) mass is 205 g/mol. The van der Waals surface area contributed by atoms with Crippen LogP contribution >= 0.6 is 0 Å². The Morgan fingerprint density at radius 3 is 2.40 bits per heavy atom. The van der Waals surface area contributed by atoms with Crippen molar-refractivity contribution in [3.63, 3.8) is 0 Å². The summed E-state index contributed by atoms with van der Waals surface area (Å²) in [7, 11) is 0. The van der Waals surface area contributed by atoms with Gasteiger partial charge in [0.25, 0.3) is 0 Å². The molecule has 0 aromatic heterocycles. The van der Waals surface area contributed by atoms with Crippen molar-refractivity contribution in [1.82, 2.24) is 0 Å². The van der Waals surface area contributed by atoms with Crippen LogP contribution in [0.1, 0.15) is 19.4 Å². The van der Waals surface area contributed by atoms with Crippen molar-refractivity contribution in [1.29, 1.82) is 0 Å². The Bertz CT molecular complexity index is 366. The average molecular weight is 205 g/mol. The summed E-state index contributed by atoms with van der Waals surface area (Å²) in [6.45, 7) is 7.93. The summed E-state index contributed by atoms with van der Waals surface area (Å²) in [4.78, 5) is 0. The van der Waals surface area contributed by atoms with E-state index in [1.807, 2.05) is 31.2 Å². The molecular formula is C12H15NO2. The van der Waals surface area contributed by atoms with Crippen LogP contribution in [0.5, 0.6) is 5.75 Å². The largest absolute Gasteiger partial charge is 0.489 e. The molecule has 0 radical (unpaired) electrons. The Balaban J connectivity index is 2.68. The highest BCUT2D eigenvalue weighted by Gasteiger charge is 1.98. The van der Waals surface area contributed by atoms with E-state index < -0.39 is 0 Å². The average Bonchev–Trinajstić information content (AvgIpc) is 2.26. The standard InChI is InChI=1S/C12H15NO2/c1-9(2)8-15-12-6-4-11(5-7-12)10(3)13-14/h4-7,14H,1,8H2,2-3H3/b13-10+. The lowest BCUT2D eigenvalue weighted by Crippen LogP contribution is -1.98. The molecule has 15 heavy (non-hydrogen) atoms. The van der Waals surface area contributed by atoms with Crippen molar-refractivity contribution in [2.75, 3.05) is 6.61 Å². The SMILES string of the molecule is C=C(C)COc1ccc(/C(C)=N/O)cc1. The van der Waals surface area contributed by atoms with Crippen molar-refractivity contribution in [2.24, 2.45) is 5.16 Å². The molecule has 0 aliphatic heterocycles. The van der Waals surface area contributed by atoms with E-state index >= 15 is 0 Å². The highest BCUT2D eigenvalue weighted by atomic mass is 16.5. The Morgan fingerprint density at radius 1 is 1.33 bits per heavy atom. The molecule has 0 aliphatic rings. The van der Waals surface area contributed by atoms with E-state index in [0.717, 1.165) is 16.9 Å². The number of oxime groups is 1. The summed E-state index contributed by atoms with van der Waals surface area (Å²) < 4.78 is 5.43. The molecule has 0 fully saturated rings. The van der Waals surface area contributed by atoms with Crippen LogP contribution in [0.15, 0.2) is 41.6 Å². The van der Waals surface area contributed by atoms with Crippen molar-refractivity contribution in [3.8, 4) is 5.75 Å². The van der Waals surface area contributed by atoms with Crippen LogP contribution in [-0.2, 0) is 0 Å². The summed E-state index contributed by atoms with van der Waals surface area (Å²) in [6, 6.07) is 7.38. The highest BCUT2D eigenvalue weighted by molar-refractivity contribution is 5.98. The Morgan fingerprint density at radius 2 is 1.93 bits per heavy atom. The molecule has 0 bridgehead atoms. The molecule has 0 spiro atoms. The van der Waals surface area contributed by atoms with E-state index in [1.54, 1.807) is 6.92 Å². The summed E-state index contributed by atoms with van der Waals surface area (Å²) >= 11 is 0. The van der Waals surface area contributed by atoms with Gasteiger partial charge in [-0.3, -0.25) is 0 Å². The predicted octanol–water partition coefficient (Wildman–Crippen LogP) is 2.84. The second-order valence-electron chi connectivity index (χ2n) is 3.46. The maximum atomic E-state index is 8.58. The molecule has 0 aliphatic carbocycles. The molecule has 3 heteroatoms. The summed E-state index contributed by atoms with van der Waals surface area (Å²) in [5.41, 5.74) is 2.44. The van der Waals surface area contributed by atoms with Gasteiger partial charge in [0, 0.05) is 0 Å². The highest BCUT2D eigenvalue weighted by Crippen LogP contribution is 2.13. The van der Waals surface area contributed by atoms with Gasteiger partial charge in [-0.25, -0.2) is 0 Å². The first kappa shape index (κ1) is 11.3. The normalized spacial score (nSPS) is 11.2. The van der Waals surface area contributed by atoms with Crippen LogP contribution in [0.25, 0.3) is 0 Å². The van der Waals surface area contributed by atoms with E-state index in [9.17, 15) is 0 Å². The third kappa shape index (κ3) is 3.46. The van der Waals surface area contributed by atoms with Gasteiger partial charge in [0.1, 0.15) is 12.4 Å². The van der Waals surface area contributed by atoms with E-state index in [1.165, 1.54) is 0 Å². The molecule has 80 valence electrons. The lowest BCUT2D eigenvalue weighted by Gasteiger charge is -2.06. The molecule has 0 unspecified atom stereocenters. The van der Waals surface area contributed by atoms with Crippen LogP contribution in [-0.4, -0.2) is 17.5 Å². The van der Waals surface area contributed by atoms with E-state index in [2.05, 4.69) is 11.7 Å². The minimum absolute atomic E-state index is 0.520. The zero-order valence-electron chi connectivity index (χ0n) is 9.03. The third-order valence-corrected chi connectivity index (χ3v) is 1.91. The summed E-state index contributed by atoms with van der Waals surface area (Å²) in [5, 5.41) is 11.7. The molecular weight excluding hydrogens is 190 g/mol. The predicted molar refractivity (Wildman–Crippen MR) is 60.7 cm³/mol. The van der Waals surface area contributed by atoms with Crippen LogP contribution in [0.4, 0.5) is 0 Å². The molecule has 0 saturated heterocycles. The van der Waals surface area contributed by atoms with Crippen LogP contribution in [0.3, 0.4) is 0 Å². The number of rotatable bonds is 4. The fourth-order valence-electron chi connectivity index (χ4n) is 1.06. The lowest BCUT2D eigenvalue weighted by atomic mass is 10.1. The maximum absolute atomic E-state index is 8.58. The van der Waals surface area contributed by atoms with Crippen LogP contribution in [0.2, 0.25) is 0 Å². The Kier molecular flexibility index (Phi) is 3.92. The molecule has 3 nitrogen and oxygen atoms in total. The van der Waals surface area contributed by atoms with Gasteiger partial charge in [0.2, 0.25) is 0 Å². The fraction of sp³-hybridized carbons (Fsp3) is 0.250. The van der Waals surface area contributed by atoms with Crippen molar-refractivity contribution in [3.05, 3.63) is 42.0 Å². The van der Waals surface area contributed by atoms with Crippen molar-refractivity contribution >= 4 is 5.71 Å². The van der Waals surface area contributed by atoms with E-state index in [0.29, 0.717) is 12.3 Å². The van der Waals surface area contributed by atoms with E-state index in [-0.39, 0.29) is 0 Å². The second-order valence-corrected chi connectivity index (χ2v) is 3.46. The van der Waals surface area contributed by atoms with Gasteiger partial charge in [0.05, 0.1) is 5.71 Å². The minimum atomic E-state index is 0.520. The van der Waals surface area contributed by atoms with Crippen LogP contribution < -0.4 is 4.74 Å². The van der Waals surface area contributed by atoms with Gasteiger partial charge >= 0.3 is 0 Å². The van der Waals surface area contributed by atoms with Gasteiger partial charge in [-0.15, -0.1) is 0 Å². The van der Waals surface area contributed by atoms with Gasteiger partial charge in [-0.05, 0) is 49.2 Å². The Hall–Kier alpha value is -1.77. The number of hydrogen-bond acceptors (Lipinski definition) is 3. The van der Waals surface area contributed by atoms with Crippen molar-refractivity contribution < 1.29 is 9.94 Å². The van der Waals surface area contributed by atoms with Gasteiger partial charge in [-0.1, -0.05) is 11.7 Å². The number of hydrogen-bond donors (Lipinski definition) is 1. The third-order valence-electron chi connectivity index (χ3n) is 1.91. The first-order chi connectivity index (χ1) is 7.13. The fourth-order valence-corrected chi connectivity index (χ4v) is 1.06. The second kappa shape index (κ2) is 5.20. The topological polar surface area (TPSA) is 41.8 Å². The molecule has 1 aromatic rings. The van der Waals surface area contributed by atoms with E-state index in [4.69, 9.17) is 9.94 Å². The lowest BCUT2D eigenvalue weighted by molar-refractivity contribution is 0.319. The van der Waals surface area contributed by atoms with Crippen molar-refractivity contribution in [2.45, 2.75) is 13.8 Å². The molecule has 0 atom stereocenters. The number of benzene rings is 1. The van der Waals surface area contributed by atoms with Gasteiger partial charge in [-0.2, -0.15) is 0 Å². The van der Waals surface area contributed by atoms with Gasteiger partial charge < -0.3 is 9.94 Å². The summed E-state index contributed by atoms with van der Waals surface area (Å²) in [6.07, 6.45) is 0. The molecule has 1 rings (SSSR count). The molecule has 0 saturated carbocycles. The number of ether oxygens (including phenoxy) is 1. The molecule has 1 N–H and O–H groups in total. The smallest absolute Gasteiger partial charge is 0.119 e. The zero-order valence-corrected chi connectivity index (χ0v) is 9.03. The zero-order chi connectivity index (χ0) is 11.3. The first-order valence-electron chi connectivity index (χ1n) is 4.69. The minimum Gasteiger partial charge on any atom is -0.489 e. The first-order valence-corrected chi connectivity index (χ1v) is 4.69. The number of nitrogens with zero attached hydrogens (tertiary/aromatic N) is 1. The van der Waals surface area contributed by atoms with Gasteiger partial charge in [0.15, 0.2) is 0 Å². The summed E-state index contributed by atoms with van der Waals surface area (Å²) in [5.74, 6) is 0.785. The van der Waals surface area contributed by atoms with Crippen LogP contribution in [0, 0.1) is 0 Å². The molecule has 0 amide bonds. The Labute approximate surface area is 89.7 Å². The molecule has 1 aromatic carbocycles. The quantitative estimate of drug-likeness (QED) is 0.355.